The van der Waals surface area contributed by atoms with Crippen LogP contribution in [0.1, 0.15) is 15.9 Å². The minimum atomic E-state index is -1.17. The van der Waals surface area contributed by atoms with Gasteiger partial charge in [0.1, 0.15) is 11.8 Å². The van der Waals surface area contributed by atoms with Gasteiger partial charge in [-0.25, -0.2) is 4.79 Å². The smallest absolute Gasteiger partial charge is 0.326 e. The predicted octanol–water partition coefficient (Wildman–Crippen LogP) is 2.99. The number of carbonyl (C=O) groups excluding carboxylic acids is 2. The Morgan fingerprint density at radius 3 is 2.43 bits per heavy atom. The summed E-state index contributed by atoms with van der Waals surface area (Å²) in [6, 6.07) is 15.1. The van der Waals surface area contributed by atoms with Gasteiger partial charge in [-0.15, -0.1) is 10.2 Å². The fourth-order valence-electron chi connectivity index (χ4n) is 3.21. The number of carboxylic acids is 1. The summed E-state index contributed by atoms with van der Waals surface area (Å²) in [7, 11) is 0. The molecule has 0 aliphatic carbocycles. The van der Waals surface area contributed by atoms with Crippen molar-refractivity contribution in [3.05, 3.63) is 84.2 Å². The quantitative estimate of drug-likeness (QED) is 0.229. The molecular formula is C25H21N5O6S. The molecule has 37 heavy (non-hydrogen) atoms. The highest BCUT2D eigenvalue weighted by Crippen LogP contribution is 2.24. The Kier molecular flexibility index (Phi) is 8.11. The summed E-state index contributed by atoms with van der Waals surface area (Å²) in [5.74, 6) is -1.80. The van der Waals surface area contributed by atoms with E-state index in [0.717, 1.165) is 11.8 Å². The van der Waals surface area contributed by atoms with E-state index in [-0.39, 0.29) is 34.9 Å². The Hall–Kier alpha value is -4.71. The summed E-state index contributed by atoms with van der Waals surface area (Å²) in [6.45, 7) is 0. The first-order valence-corrected chi connectivity index (χ1v) is 11.9. The number of aromatic nitrogens is 3. The molecule has 2 aromatic heterocycles. The largest absolute Gasteiger partial charge is 0.508 e. The molecule has 4 rings (SSSR count). The van der Waals surface area contributed by atoms with Gasteiger partial charge in [0.2, 0.25) is 11.8 Å². The standard InChI is InChI=1S/C25H21N5O6S/c31-19-9-3-15(4-10-19)12-20(24(34)35)28-21(32)14-37-25-30-29-23(36-25)16-5-7-18(8-6-16)27-22(33)17-2-1-11-26-13-17/h1-11,13,20,31H,12,14H2,(H,27,33)(H,28,32)(H,34,35)/t20-/m0/s1. The van der Waals surface area contributed by atoms with Gasteiger partial charge in [-0.3, -0.25) is 14.6 Å². The van der Waals surface area contributed by atoms with Crippen LogP contribution in [0.4, 0.5) is 5.69 Å². The Bertz CT molecular complexity index is 1380. The van der Waals surface area contributed by atoms with Gasteiger partial charge >= 0.3 is 5.97 Å². The molecule has 4 N–H and O–H groups in total. The highest BCUT2D eigenvalue weighted by Gasteiger charge is 2.21. The van der Waals surface area contributed by atoms with Crippen LogP contribution in [0.15, 0.2) is 82.7 Å². The molecule has 1 atom stereocenters. The number of phenolic OH excluding ortho intramolecular Hbond substituents is 1. The molecule has 11 nitrogen and oxygen atoms in total. The number of carboxylic acid groups (broad SMARTS) is 1. The molecule has 0 aliphatic rings. The third-order valence-electron chi connectivity index (χ3n) is 5.06. The minimum absolute atomic E-state index is 0.0649. The van der Waals surface area contributed by atoms with Crippen molar-refractivity contribution in [2.75, 3.05) is 11.1 Å². The SMILES string of the molecule is O=C(CSc1nnc(-c2ccc(NC(=O)c3cccnc3)cc2)o1)N[C@@H](Cc1ccc(O)cc1)C(=O)O. The number of thioether (sulfide) groups is 1. The number of anilines is 1. The van der Waals surface area contributed by atoms with Crippen molar-refractivity contribution in [2.24, 2.45) is 0 Å². The van der Waals surface area contributed by atoms with Gasteiger partial charge in [0.15, 0.2) is 0 Å². The van der Waals surface area contributed by atoms with Crippen molar-refractivity contribution in [3.63, 3.8) is 0 Å². The molecule has 0 aliphatic heterocycles. The fourth-order valence-corrected chi connectivity index (χ4v) is 3.79. The third kappa shape index (κ3) is 7.15. The molecule has 4 aromatic rings. The maximum atomic E-state index is 12.3. The van der Waals surface area contributed by atoms with Gasteiger partial charge in [-0.2, -0.15) is 0 Å². The molecule has 0 bridgehead atoms. The van der Waals surface area contributed by atoms with Crippen molar-refractivity contribution >= 4 is 35.2 Å². The molecule has 2 heterocycles. The van der Waals surface area contributed by atoms with Crippen LogP contribution in [0.25, 0.3) is 11.5 Å². The number of rotatable bonds is 10. The van der Waals surface area contributed by atoms with E-state index in [1.165, 1.54) is 18.3 Å². The second-order valence-corrected chi connectivity index (χ2v) is 8.69. The zero-order valence-corrected chi connectivity index (χ0v) is 20.0. The Morgan fingerprint density at radius 1 is 1.00 bits per heavy atom. The average Bonchev–Trinajstić information content (AvgIpc) is 3.38. The summed E-state index contributed by atoms with van der Waals surface area (Å²) in [6.07, 6.45) is 3.12. The van der Waals surface area contributed by atoms with Crippen LogP contribution < -0.4 is 10.6 Å². The maximum Gasteiger partial charge on any atom is 0.326 e. The molecule has 2 amide bonds. The molecule has 0 fully saturated rings. The zero-order valence-electron chi connectivity index (χ0n) is 19.2. The number of carbonyl (C=O) groups is 3. The number of nitrogens with one attached hydrogen (secondary N) is 2. The van der Waals surface area contributed by atoms with Crippen molar-refractivity contribution in [3.8, 4) is 17.2 Å². The number of hydrogen-bond donors (Lipinski definition) is 4. The van der Waals surface area contributed by atoms with E-state index in [0.29, 0.717) is 22.4 Å². The molecule has 0 unspecified atom stereocenters. The van der Waals surface area contributed by atoms with E-state index in [2.05, 4.69) is 25.8 Å². The van der Waals surface area contributed by atoms with E-state index in [1.54, 1.807) is 54.7 Å². The lowest BCUT2D eigenvalue weighted by Crippen LogP contribution is -2.43. The first-order chi connectivity index (χ1) is 17.9. The summed E-state index contributed by atoms with van der Waals surface area (Å²) < 4.78 is 5.59. The molecular weight excluding hydrogens is 498 g/mol. The van der Waals surface area contributed by atoms with E-state index < -0.39 is 17.9 Å². The van der Waals surface area contributed by atoms with E-state index >= 15 is 0 Å². The second-order valence-electron chi connectivity index (χ2n) is 7.76. The first-order valence-electron chi connectivity index (χ1n) is 11.0. The molecule has 0 radical (unpaired) electrons. The van der Waals surface area contributed by atoms with Crippen LogP contribution in [0, 0.1) is 0 Å². The summed E-state index contributed by atoms with van der Waals surface area (Å²) in [5, 5.41) is 32.1. The first kappa shape index (κ1) is 25.4. The van der Waals surface area contributed by atoms with E-state index in [9.17, 15) is 24.6 Å². The minimum Gasteiger partial charge on any atom is -0.508 e. The molecule has 188 valence electrons. The van der Waals surface area contributed by atoms with Gasteiger partial charge < -0.3 is 25.3 Å². The van der Waals surface area contributed by atoms with E-state index in [1.807, 2.05) is 0 Å². The Balaban J connectivity index is 1.29. The van der Waals surface area contributed by atoms with Gasteiger partial charge in [-0.1, -0.05) is 23.9 Å². The van der Waals surface area contributed by atoms with Gasteiger partial charge in [0, 0.05) is 30.1 Å². The van der Waals surface area contributed by atoms with Crippen molar-refractivity contribution in [2.45, 2.75) is 17.7 Å². The van der Waals surface area contributed by atoms with Crippen LogP contribution in [0.3, 0.4) is 0 Å². The monoisotopic (exact) mass is 519 g/mol. The highest BCUT2D eigenvalue weighted by atomic mass is 32.2. The Labute approximate surface area is 215 Å². The van der Waals surface area contributed by atoms with E-state index in [4.69, 9.17) is 4.42 Å². The van der Waals surface area contributed by atoms with Crippen LogP contribution in [0.5, 0.6) is 5.75 Å². The lowest BCUT2D eigenvalue weighted by Gasteiger charge is -2.14. The van der Waals surface area contributed by atoms with Gasteiger partial charge in [0.05, 0.1) is 11.3 Å². The highest BCUT2D eigenvalue weighted by molar-refractivity contribution is 7.99. The number of nitrogens with zero attached hydrogens (tertiary/aromatic N) is 3. The molecule has 12 heteroatoms. The van der Waals surface area contributed by atoms with Gasteiger partial charge in [0.25, 0.3) is 11.1 Å². The third-order valence-corrected chi connectivity index (χ3v) is 5.87. The van der Waals surface area contributed by atoms with Crippen molar-refractivity contribution in [1.29, 1.82) is 0 Å². The van der Waals surface area contributed by atoms with Crippen LogP contribution in [-0.2, 0) is 16.0 Å². The predicted molar refractivity (Wildman–Crippen MR) is 134 cm³/mol. The molecule has 2 aromatic carbocycles. The average molecular weight is 520 g/mol. The van der Waals surface area contributed by atoms with Crippen LogP contribution >= 0.6 is 11.8 Å². The maximum absolute atomic E-state index is 12.3. The number of pyridine rings is 1. The Morgan fingerprint density at radius 2 is 1.76 bits per heavy atom. The summed E-state index contributed by atoms with van der Waals surface area (Å²) in [5.41, 5.74) is 2.28. The lowest BCUT2D eigenvalue weighted by molar-refractivity contribution is -0.141. The lowest BCUT2D eigenvalue weighted by atomic mass is 10.1. The topological polar surface area (TPSA) is 168 Å². The van der Waals surface area contributed by atoms with Crippen molar-refractivity contribution < 1.29 is 29.0 Å². The van der Waals surface area contributed by atoms with Crippen LogP contribution in [0.2, 0.25) is 0 Å². The molecule has 0 spiro atoms. The van der Waals surface area contributed by atoms with Crippen molar-refractivity contribution in [1.82, 2.24) is 20.5 Å². The number of aromatic hydroxyl groups is 1. The summed E-state index contributed by atoms with van der Waals surface area (Å²) >= 11 is 0.974. The number of hydrogen-bond acceptors (Lipinski definition) is 9. The molecule has 0 saturated heterocycles. The zero-order chi connectivity index (χ0) is 26.2. The molecule has 0 saturated carbocycles. The summed E-state index contributed by atoms with van der Waals surface area (Å²) in [4.78, 5) is 40.0. The number of benzene rings is 2. The van der Waals surface area contributed by atoms with Gasteiger partial charge in [-0.05, 0) is 54.1 Å². The fraction of sp³-hybridized carbons (Fsp3) is 0.120. The van der Waals surface area contributed by atoms with Crippen LogP contribution in [-0.4, -0.2) is 55.0 Å². The number of phenols is 1. The normalized spacial score (nSPS) is 11.5. The second kappa shape index (κ2) is 11.8. The number of amides is 2. The number of aliphatic carboxylic acids is 1.